The second-order valence-corrected chi connectivity index (χ2v) is 6.90. The smallest absolute Gasteiger partial charge is 0.328 e. The molecule has 26 heavy (non-hydrogen) atoms. The first-order chi connectivity index (χ1) is 12.3. The van der Waals surface area contributed by atoms with Crippen LogP contribution in [0.4, 0.5) is 10.5 Å². The molecule has 0 spiro atoms. The summed E-state index contributed by atoms with van der Waals surface area (Å²) >= 11 is 0. The number of benzene rings is 1. The number of likely N-dealkylation sites (tertiary alicyclic amines) is 1. The van der Waals surface area contributed by atoms with Crippen LogP contribution in [0.25, 0.3) is 11.0 Å². The molecule has 1 saturated heterocycles. The van der Waals surface area contributed by atoms with Gasteiger partial charge in [0, 0.05) is 39.3 Å². The second kappa shape index (κ2) is 6.86. The molecule has 1 unspecified atom stereocenters. The van der Waals surface area contributed by atoms with Crippen LogP contribution in [-0.4, -0.2) is 45.1 Å². The molecule has 1 fully saturated rings. The van der Waals surface area contributed by atoms with Crippen LogP contribution in [0.15, 0.2) is 16.9 Å². The van der Waals surface area contributed by atoms with Gasteiger partial charge in [0.25, 0.3) is 0 Å². The van der Waals surface area contributed by atoms with Crippen molar-refractivity contribution >= 4 is 28.7 Å². The van der Waals surface area contributed by atoms with Gasteiger partial charge in [0.1, 0.15) is 0 Å². The maximum atomic E-state index is 12.4. The van der Waals surface area contributed by atoms with E-state index in [9.17, 15) is 14.4 Å². The van der Waals surface area contributed by atoms with E-state index in [2.05, 4.69) is 10.6 Å². The van der Waals surface area contributed by atoms with Gasteiger partial charge in [-0.15, -0.1) is 0 Å². The summed E-state index contributed by atoms with van der Waals surface area (Å²) in [6.45, 7) is 5.17. The lowest BCUT2D eigenvalue weighted by Crippen LogP contribution is -2.39. The number of carbonyl (C=O) groups is 2. The Morgan fingerprint density at radius 2 is 1.85 bits per heavy atom. The molecule has 0 radical (unpaired) electrons. The lowest BCUT2D eigenvalue weighted by Gasteiger charge is -2.17. The number of hydrogen-bond donors (Lipinski definition) is 2. The number of urea groups is 1. The van der Waals surface area contributed by atoms with Crippen LogP contribution in [-0.2, 0) is 18.9 Å². The minimum absolute atomic E-state index is 0.0778. The number of carbonyl (C=O) groups excluding carboxylic acids is 2. The van der Waals surface area contributed by atoms with Gasteiger partial charge >= 0.3 is 11.7 Å². The molecule has 2 heterocycles. The number of rotatable bonds is 4. The van der Waals surface area contributed by atoms with E-state index in [0.29, 0.717) is 18.7 Å². The van der Waals surface area contributed by atoms with Crippen molar-refractivity contribution in [3.63, 3.8) is 0 Å². The van der Waals surface area contributed by atoms with E-state index >= 15 is 0 Å². The standard InChI is InChI=1S/C18H25N5O3/c1-5-6-23-10-12(8-16(23)24)19-17(25)20-13-9-15-14(7-11(13)2)21(3)18(26)22(15)4/h7,9,12H,5-6,8,10H2,1-4H3,(H2,19,20,25). The van der Waals surface area contributed by atoms with Gasteiger partial charge in [0.05, 0.1) is 17.1 Å². The fourth-order valence-electron chi connectivity index (χ4n) is 3.48. The second-order valence-electron chi connectivity index (χ2n) is 6.90. The molecule has 2 N–H and O–H groups in total. The molecule has 1 aromatic carbocycles. The highest BCUT2D eigenvalue weighted by molar-refractivity contribution is 5.94. The molecule has 3 amide bonds. The van der Waals surface area contributed by atoms with E-state index in [1.54, 1.807) is 34.2 Å². The first kappa shape index (κ1) is 18.0. The van der Waals surface area contributed by atoms with Gasteiger partial charge < -0.3 is 15.5 Å². The molecule has 8 nitrogen and oxygen atoms in total. The van der Waals surface area contributed by atoms with Gasteiger partial charge in [-0.05, 0) is 31.0 Å². The summed E-state index contributed by atoms with van der Waals surface area (Å²) in [5.41, 5.74) is 2.97. The Morgan fingerprint density at radius 3 is 2.50 bits per heavy atom. The third-order valence-corrected chi connectivity index (χ3v) is 4.91. The van der Waals surface area contributed by atoms with Crippen molar-refractivity contribution in [2.45, 2.75) is 32.7 Å². The number of nitrogens with zero attached hydrogens (tertiary/aromatic N) is 3. The molecule has 2 aromatic rings. The highest BCUT2D eigenvalue weighted by Crippen LogP contribution is 2.22. The third kappa shape index (κ3) is 3.18. The molecule has 1 aliphatic rings. The zero-order valence-corrected chi connectivity index (χ0v) is 15.6. The number of amides is 3. The average molecular weight is 359 g/mol. The fourth-order valence-corrected chi connectivity index (χ4v) is 3.48. The maximum absolute atomic E-state index is 12.4. The van der Waals surface area contributed by atoms with Crippen molar-refractivity contribution < 1.29 is 9.59 Å². The first-order valence-electron chi connectivity index (χ1n) is 8.83. The van der Waals surface area contributed by atoms with E-state index in [4.69, 9.17) is 0 Å². The van der Waals surface area contributed by atoms with Gasteiger partial charge in [0.15, 0.2) is 0 Å². The molecular weight excluding hydrogens is 334 g/mol. The molecule has 0 bridgehead atoms. The topological polar surface area (TPSA) is 88.4 Å². The Balaban J connectivity index is 1.74. The molecule has 1 aromatic heterocycles. The quantitative estimate of drug-likeness (QED) is 0.863. The van der Waals surface area contributed by atoms with Gasteiger partial charge in [-0.2, -0.15) is 0 Å². The molecule has 140 valence electrons. The lowest BCUT2D eigenvalue weighted by molar-refractivity contribution is -0.127. The number of nitrogens with one attached hydrogen (secondary N) is 2. The fraction of sp³-hybridized carbons (Fsp3) is 0.500. The van der Waals surface area contributed by atoms with E-state index in [0.717, 1.165) is 29.6 Å². The minimum Gasteiger partial charge on any atom is -0.341 e. The summed E-state index contributed by atoms with van der Waals surface area (Å²) in [7, 11) is 3.43. The summed E-state index contributed by atoms with van der Waals surface area (Å²) in [6.07, 6.45) is 1.23. The summed E-state index contributed by atoms with van der Waals surface area (Å²) < 4.78 is 3.13. The van der Waals surface area contributed by atoms with Crippen LogP contribution >= 0.6 is 0 Å². The normalized spacial score (nSPS) is 17.2. The van der Waals surface area contributed by atoms with Crippen molar-refractivity contribution in [1.82, 2.24) is 19.4 Å². The highest BCUT2D eigenvalue weighted by atomic mass is 16.2. The number of anilines is 1. The number of imidazole rings is 1. The van der Waals surface area contributed by atoms with E-state index in [1.807, 2.05) is 19.9 Å². The van der Waals surface area contributed by atoms with E-state index in [-0.39, 0.29) is 23.7 Å². The van der Waals surface area contributed by atoms with Crippen molar-refractivity contribution in [2.24, 2.45) is 14.1 Å². The third-order valence-electron chi connectivity index (χ3n) is 4.91. The average Bonchev–Trinajstić information content (AvgIpc) is 3.02. The summed E-state index contributed by atoms with van der Waals surface area (Å²) in [6, 6.07) is 3.16. The molecule has 0 saturated carbocycles. The summed E-state index contributed by atoms with van der Waals surface area (Å²) in [5, 5.41) is 5.71. The highest BCUT2D eigenvalue weighted by Gasteiger charge is 2.29. The zero-order valence-electron chi connectivity index (χ0n) is 15.6. The first-order valence-corrected chi connectivity index (χ1v) is 8.83. The number of fused-ring (bicyclic) bond motifs is 1. The van der Waals surface area contributed by atoms with Gasteiger partial charge in [-0.25, -0.2) is 9.59 Å². The Kier molecular flexibility index (Phi) is 4.76. The Bertz CT molecular complexity index is 927. The van der Waals surface area contributed by atoms with Crippen LogP contribution in [0.3, 0.4) is 0 Å². The predicted octanol–water partition coefficient (Wildman–Crippen LogP) is 1.32. The lowest BCUT2D eigenvalue weighted by atomic mass is 10.1. The largest absolute Gasteiger partial charge is 0.341 e. The molecule has 1 aliphatic heterocycles. The minimum atomic E-state index is -0.343. The van der Waals surface area contributed by atoms with Crippen molar-refractivity contribution in [3.8, 4) is 0 Å². The molecule has 3 rings (SSSR count). The van der Waals surface area contributed by atoms with Crippen LogP contribution in [0, 0.1) is 6.92 Å². The SMILES string of the molecule is CCCN1CC(NC(=O)Nc2cc3c(cc2C)n(C)c(=O)n3C)CC1=O. The van der Waals surface area contributed by atoms with E-state index < -0.39 is 0 Å². The van der Waals surface area contributed by atoms with Gasteiger partial charge in [-0.3, -0.25) is 13.9 Å². The van der Waals surface area contributed by atoms with Crippen LogP contribution < -0.4 is 16.3 Å². The Morgan fingerprint density at radius 1 is 1.19 bits per heavy atom. The van der Waals surface area contributed by atoms with Crippen molar-refractivity contribution in [1.29, 1.82) is 0 Å². The molecular formula is C18H25N5O3. The predicted molar refractivity (Wildman–Crippen MR) is 100 cm³/mol. The van der Waals surface area contributed by atoms with E-state index in [1.165, 1.54) is 0 Å². The maximum Gasteiger partial charge on any atom is 0.328 e. The summed E-state index contributed by atoms with van der Waals surface area (Å²) in [4.78, 5) is 38.1. The monoisotopic (exact) mass is 359 g/mol. The zero-order chi connectivity index (χ0) is 19.0. The molecule has 1 atom stereocenters. The van der Waals surface area contributed by atoms with Crippen LogP contribution in [0.5, 0.6) is 0 Å². The van der Waals surface area contributed by atoms with Crippen molar-refractivity contribution in [3.05, 3.63) is 28.2 Å². The van der Waals surface area contributed by atoms with Crippen LogP contribution in [0.2, 0.25) is 0 Å². The number of aromatic nitrogens is 2. The van der Waals surface area contributed by atoms with Gasteiger partial charge in [0.2, 0.25) is 5.91 Å². The number of aryl methyl sites for hydroxylation is 3. The van der Waals surface area contributed by atoms with Crippen molar-refractivity contribution in [2.75, 3.05) is 18.4 Å². The van der Waals surface area contributed by atoms with Crippen LogP contribution in [0.1, 0.15) is 25.3 Å². The van der Waals surface area contributed by atoms with Gasteiger partial charge in [-0.1, -0.05) is 6.92 Å². The molecule has 8 heteroatoms. The number of hydrogen-bond acceptors (Lipinski definition) is 3. The Labute approximate surface area is 151 Å². The Hall–Kier alpha value is -2.77. The summed E-state index contributed by atoms with van der Waals surface area (Å²) in [5.74, 6) is 0.0778. The molecule has 0 aliphatic carbocycles.